The summed E-state index contributed by atoms with van der Waals surface area (Å²) in [4.78, 5) is 27.2. The minimum atomic E-state index is -0.676. The molecule has 0 bridgehead atoms. The lowest BCUT2D eigenvalue weighted by Crippen LogP contribution is -2.58. The molecule has 9 heteroatoms. The van der Waals surface area contributed by atoms with Gasteiger partial charge in [0.05, 0.1) is 25.5 Å². The monoisotopic (exact) mass is 414 g/mol. The molecule has 0 atom stereocenters. The van der Waals surface area contributed by atoms with Crippen molar-refractivity contribution in [2.75, 3.05) is 32.3 Å². The number of carbonyl (C=O) groups excluding carboxylic acids is 2. The number of benzene rings is 2. The largest absolute Gasteiger partial charge is 0.497 e. The van der Waals surface area contributed by atoms with E-state index in [1.54, 1.807) is 42.3 Å². The molecule has 3 amide bonds. The SMILES string of the molecule is COc1ccc(C(=O)N2CCC3(CC2)NC(=O)N(c2cccc(F)c2)N3)c(OC)c1. The van der Waals surface area contributed by atoms with Gasteiger partial charge >= 0.3 is 6.03 Å². The molecule has 2 aliphatic rings. The first-order valence-electron chi connectivity index (χ1n) is 9.62. The summed E-state index contributed by atoms with van der Waals surface area (Å²) in [7, 11) is 3.06. The highest BCUT2D eigenvalue weighted by Crippen LogP contribution is 2.30. The van der Waals surface area contributed by atoms with Gasteiger partial charge in [-0.05, 0) is 30.3 Å². The molecule has 1 spiro atoms. The van der Waals surface area contributed by atoms with Gasteiger partial charge in [0.2, 0.25) is 0 Å². The third-order valence-corrected chi connectivity index (χ3v) is 5.48. The van der Waals surface area contributed by atoms with Crippen LogP contribution in [0.5, 0.6) is 11.5 Å². The quantitative estimate of drug-likeness (QED) is 0.803. The molecule has 2 saturated heterocycles. The van der Waals surface area contributed by atoms with Crippen molar-refractivity contribution < 1.29 is 23.5 Å². The van der Waals surface area contributed by atoms with E-state index in [0.29, 0.717) is 48.7 Å². The number of hydrazine groups is 1. The topological polar surface area (TPSA) is 83.1 Å². The Morgan fingerprint density at radius 2 is 1.87 bits per heavy atom. The zero-order chi connectivity index (χ0) is 21.3. The van der Waals surface area contributed by atoms with Gasteiger partial charge in [-0.15, -0.1) is 0 Å². The Morgan fingerprint density at radius 3 is 2.53 bits per heavy atom. The van der Waals surface area contributed by atoms with Gasteiger partial charge in [0.25, 0.3) is 5.91 Å². The van der Waals surface area contributed by atoms with Crippen LogP contribution in [0.2, 0.25) is 0 Å². The Kier molecular flexibility index (Phi) is 5.21. The average molecular weight is 414 g/mol. The highest BCUT2D eigenvalue weighted by atomic mass is 19.1. The van der Waals surface area contributed by atoms with Crippen molar-refractivity contribution in [3.8, 4) is 11.5 Å². The number of hydrogen-bond donors (Lipinski definition) is 2. The number of anilines is 1. The van der Waals surface area contributed by atoms with Gasteiger partial charge in [-0.25, -0.2) is 19.6 Å². The van der Waals surface area contributed by atoms with Gasteiger partial charge in [0.15, 0.2) is 0 Å². The second-order valence-corrected chi connectivity index (χ2v) is 7.30. The van der Waals surface area contributed by atoms with E-state index in [1.807, 2.05) is 0 Å². The van der Waals surface area contributed by atoms with Gasteiger partial charge in [-0.1, -0.05) is 6.07 Å². The van der Waals surface area contributed by atoms with Crippen LogP contribution in [0.4, 0.5) is 14.9 Å². The Morgan fingerprint density at radius 1 is 1.10 bits per heavy atom. The number of methoxy groups -OCH3 is 2. The molecule has 0 aromatic heterocycles. The molecule has 2 heterocycles. The second-order valence-electron chi connectivity index (χ2n) is 7.30. The summed E-state index contributed by atoms with van der Waals surface area (Å²) in [5.74, 6) is 0.494. The molecule has 30 heavy (non-hydrogen) atoms. The van der Waals surface area contributed by atoms with Crippen LogP contribution in [-0.4, -0.2) is 49.8 Å². The number of urea groups is 1. The van der Waals surface area contributed by atoms with Crippen molar-refractivity contribution in [3.63, 3.8) is 0 Å². The molecule has 158 valence electrons. The van der Waals surface area contributed by atoms with Crippen LogP contribution in [0.15, 0.2) is 42.5 Å². The Labute approximate surface area is 173 Å². The first kappa shape index (κ1) is 20.0. The number of likely N-dealkylation sites (tertiary alicyclic amines) is 1. The summed E-state index contributed by atoms with van der Waals surface area (Å²) in [5.41, 5.74) is 3.37. The van der Waals surface area contributed by atoms with Crippen LogP contribution in [-0.2, 0) is 0 Å². The lowest BCUT2D eigenvalue weighted by Gasteiger charge is -2.39. The van der Waals surface area contributed by atoms with Crippen molar-refractivity contribution in [2.24, 2.45) is 0 Å². The van der Waals surface area contributed by atoms with E-state index in [9.17, 15) is 14.0 Å². The molecule has 8 nitrogen and oxygen atoms in total. The molecule has 2 aromatic rings. The minimum absolute atomic E-state index is 0.143. The second kappa shape index (κ2) is 7.83. The normalized spacial score (nSPS) is 17.8. The molecule has 0 unspecified atom stereocenters. The summed E-state index contributed by atoms with van der Waals surface area (Å²) >= 11 is 0. The third-order valence-electron chi connectivity index (χ3n) is 5.48. The molecular weight excluding hydrogens is 391 g/mol. The third kappa shape index (κ3) is 3.63. The molecule has 2 N–H and O–H groups in total. The predicted octanol–water partition coefficient (Wildman–Crippen LogP) is 2.51. The smallest absolute Gasteiger partial charge is 0.338 e. The van der Waals surface area contributed by atoms with Crippen LogP contribution in [0.3, 0.4) is 0 Å². The molecule has 2 aromatic carbocycles. The van der Waals surface area contributed by atoms with E-state index in [1.165, 1.54) is 24.3 Å². The van der Waals surface area contributed by atoms with Crippen molar-refractivity contribution in [1.29, 1.82) is 0 Å². The van der Waals surface area contributed by atoms with Gasteiger partial charge in [0, 0.05) is 32.0 Å². The van der Waals surface area contributed by atoms with Crippen LogP contribution in [0.25, 0.3) is 0 Å². The van der Waals surface area contributed by atoms with Crippen molar-refractivity contribution in [2.45, 2.75) is 18.5 Å². The van der Waals surface area contributed by atoms with E-state index in [0.717, 1.165) is 0 Å². The zero-order valence-corrected chi connectivity index (χ0v) is 16.8. The summed E-state index contributed by atoms with van der Waals surface area (Å²) in [5, 5.41) is 4.26. The first-order valence-corrected chi connectivity index (χ1v) is 9.62. The number of amides is 3. The van der Waals surface area contributed by atoms with Crippen LogP contribution in [0, 0.1) is 5.82 Å². The Balaban J connectivity index is 1.45. The maximum atomic E-state index is 13.5. The number of hydrogen-bond acceptors (Lipinski definition) is 5. The van der Waals surface area contributed by atoms with Crippen LogP contribution in [0.1, 0.15) is 23.2 Å². The lowest BCUT2D eigenvalue weighted by atomic mass is 9.97. The van der Waals surface area contributed by atoms with Crippen LogP contribution >= 0.6 is 0 Å². The number of nitrogens with one attached hydrogen (secondary N) is 2. The summed E-state index contributed by atoms with van der Waals surface area (Å²) in [6.45, 7) is 0.885. The molecule has 2 fully saturated rings. The molecule has 0 saturated carbocycles. The van der Waals surface area contributed by atoms with E-state index in [-0.39, 0.29) is 11.9 Å². The number of carbonyl (C=O) groups is 2. The minimum Gasteiger partial charge on any atom is -0.497 e. The number of nitrogens with zero attached hydrogens (tertiary/aromatic N) is 2. The number of halogens is 1. The maximum Gasteiger partial charge on any atom is 0.338 e. The van der Waals surface area contributed by atoms with Gasteiger partial charge < -0.3 is 19.7 Å². The van der Waals surface area contributed by atoms with Crippen LogP contribution < -0.4 is 25.2 Å². The fourth-order valence-corrected chi connectivity index (χ4v) is 3.82. The van der Waals surface area contributed by atoms with Gasteiger partial charge in [0.1, 0.15) is 23.0 Å². The molecular formula is C21H23FN4O4. The fraction of sp³-hybridized carbons (Fsp3) is 0.333. The average Bonchev–Trinajstić information content (AvgIpc) is 3.09. The first-order chi connectivity index (χ1) is 14.4. The highest BCUT2D eigenvalue weighted by molar-refractivity contribution is 5.97. The van der Waals surface area contributed by atoms with Gasteiger partial charge in [-0.2, -0.15) is 0 Å². The van der Waals surface area contributed by atoms with Crippen molar-refractivity contribution >= 4 is 17.6 Å². The molecule has 4 rings (SSSR count). The van der Waals surface area contributed by atoms with Crippen molar-refractivity contribution in [3.05, 3.63) is 53.8 Å². The van der Waals surface area contributed by atoms with Gasteiger partial charge in [-0.3, -0.25) is 4.79 Å². The molecule has 2 aliphatic heterocycles. The van der Waals surface area contributed by atoms with E-state index in [4.69, 9.17) is 9.47 Å². The Bertz CT molecular complexity index is 975. The van der Waals surface area contributed by atoms with E-state index < -0.39 is 11.5 Å². The lowest BCUT2D eigenvalue weighted by molar-refractivity contribution is 0.0637. The highest BCUT2D eigenvalue weighted by Gasteiger charge is 2.45. The van der Waals surface area contributed by atoms with E-state index in [2.05, 4.69) is 10.7 Å². The zero-order valence-electron chi connectivity index (χ0n) is 16.8. The number of ether oxygens (including phenoxy) is 2. The summed E-state index contributed by atoms with van der Waals surface area (Å²) in [6, 6.07) is 10.6. The van der Waals surface area contributed by atoms with Crippen molar-refractivity contribution in [1.82, 2.24) is 15.6 Å². The van der Waals surface area contributed by atoms with E-state index >= 15 is 0 Å². The number of rotatable bonds is 4. The predicted molar refractivity (Wildman–Crippen MR) is 108 cm³/mol. The summed E-state index contributed by atoms with van der Waals surface area (Å²) in [6.07, 6.45) is 1.02. The fourth-order valence-electron chi connectivity index (χ4n) is 3.82. The maximum absolute atomic E-state index is 13.5. The Hall–Kier alpha value is -3.33. The molecule has 0 radical (unpaired) electrons. The molecule has 0 aliphatic carbocycles. The number of piperidine rings is 1. The summed E-state index contributed by atoms with van der Waals surface area (Å²) < 4.78 is 24.1. The standard InChI is InChI=1S/C21H23FN4O4/c1-29-16-6-7-17(18(13-16)30-2)19(27)25-10-8-21(9-11-25)23-20(28)26(24-21)15-5-3-4-14(22)12-15/h3-7,12-13,24H,8-11H2,1-2H3,(H,23,28).